The van der Waals surface area contributed by atoms with Gasteiger partial charge < -0.3 is 25.1 Å². The van der Waals surface area contributed by atoms with E-state index in [0.29, 0.717) is 18.7 Å². The lowest BCUT2D eigenvalue weighted by molar-refractivity contribution is -0.117. The molecule has 4 heterocycles. The van der Waals surface area contributed by atoms with Crippen LogP contribution in [0, 0.1) is 0 Å². The number of amides is 1. The van der Waals surface area contributed by atoms with Gasteiger partial charge in [0.05, 0.1) is 6.10 Å². The lowest BCUT2D eigenvalue weighted by Gasteiger charge is -2.34. The quantitative estimate of drug-likeness (QED) is 0.723. The molecule has 8 heteroatoms. The van der Waals surface area contributed by atoms with E-state index >= 15 is 0 Å². The molecule has 0 aliphatic carbocycles. The monoisotopic (exact) mass is 318 g/mol. The molecule has 0 bridgehead atoms. The van der Waals surface area contributed by atoms with Crippen molar-refractivity contribution in [2.24, 2.45) is 0 Å². The fourth-order valence-corrected chi connectivity index (χ4v) is 3.70. The zero-order valence-corrected chi connectivity index (χ0v) is 13.3. The van der Waals surface area contributed by atoms with Crippen LogP contribution in [0.5, 0.6) is 0 Å². The minimum absolute atomic E-state index is 0.0722. The smallest absolute Gasteiger partial charge is 0.247 e. The number of carbonyl (C=O) groups is 1. The summed E-state index contributed by atoms with van der Waals surface area (Å²) in [5.41, 5.74) is 0.687. The van der Waals surface area contributed by atoms with Crippen LogP contribution in [0.3, 0.4) is 0 Å². The number of fused-ring (bicyclic) bond motifs is 3. The van der Waals surface area contributed by atoms with Crippen molar-refractivity contribution in [1.29, 1.82) is 0 Å². The van der Waals surface area contributed by atoms with Crippen LogP contribution >= 0.6 is 0 Å². The molecule has 1 aromatic rings. The molecule has 124 valence electrons. The number of likely N-dealkylation sites (N-methyl/N-ethyl adjacent to an activating group) is 1. The third-order valence-corrected chi connectivity index (χ3v) is 4.93. The third-order valence-electron chi connectivity index (χ3n) is 4.93. The van der Waals surface area contributed by atoms with Gasteiger partial charge in [-0.05, 0) is 20.0 Å². The SMILES string of the molecule is CN1CCCN(c2ncnc3c2NC(=O)C2C[C@@H](O)CN32)CC1. The molecule has 3 aliphatic heterocycles. The van der Waals surface area contributed by atoms with Crippen LogP contribution in [0.4, 0.5) is 17.3 Å². The van der Waals surface area contributed by atoms with Gasteiger partial charge in [0.1, 0.15) is 18.1 Å². The van der Waals surface area contributed by atoms with Crippen LogP contribution in [0.15, 0.2) is 6.33 Å². The summed E-state index contributed by atoms with van der Waals surface area (Å²) in [6, 6.07) is -0.324. The average molecular weight is 318 g/mol. The van der Waals surface area contributed by atoms with Crippen LogP contribution < -0.4 is 15.1 Å². The molecule has 0 radical (unpaired) electrons. The van der Waals surface area contributed by atoms with Gasteiger partial charge in [-0.1, -0.05) is 0 Å². The second kappa shape index (κ2) is 5.61. The molecular formula is C15H22N6O2. The highest BCUT2D eigenvalue weighted by Gasteiger charge is 2.42. The maximum absolute atomic E-state index is 12.4. The first-order valence-electron chi connectivity index (χ1n) is 8.17. The maximum Gasteiger partial charge on any atom is 0.247 e. The average Bonchev–Trinajstić information content (AvgIpc) is 2.80. The minimum atomic E-state index is -0.484. The summed E-state index contributed by atoms with van der Waals surface area (Å²) in [7, 11) is 2.12. The molecule has 2 N–H and O–H groups in total. The summed E-state index contributed by atoms with van der Waals surface area (Å²) < 4.78 is 0. The zero-order valence-electron chi connectivity index (χ0n) is 13.3. The van der Waals surface area contributed by atoms with Gasteiger partial charge in [0, 0.05) is 32.6 Å². The van der Waals surface area contributed by atoms with Crippen LogP contribution in [0.1, 0.15) is 12.8 Å². The summed E-state index contributed by atoms with van der Waals surface area (Å²) >= 11 is 0. The van der Waals surface area contributed by atoms with Gasteiger partial charge in [-0.15, -0.1) is 0 Å². The molecule has 2 fully saturated rings. The van der Waals surface area contributed by atoms with E-state index in [9.17, 15) is 9.90 Å². The van der Waals surface area contributed by atoms with Gasteiger partial charge >= 0.3 is 0 Å². The van der Waals surface area contributed by atoms with E-state index in [4.69, 9.17) is 0 Å². The van der Waals surface area contributed by atoms with E-state index in [0.717, 1.165) is 44.2 Å². The Hall–Kier alpha value is -1.93. The summed E-state index contributed by atoms with van der Waals surface area (Å²) in [4.78, 5) is 27.6. The number of nitrogens with one attached hydrogen (secondary N) is 1. The Morgan fingerprint density at radius 1 is 1.22 bits per heavy atom. The Kier molecular flexibility index (Phi) is 3.57. The van der Waals surface area contributed by atoms with Crippen molar-refractivity contribution in [3.05, 3.63) is 6.33 Å². The van der Waals surface area contributed by atoms with E-state index in [-0.39, 0.29) is 11.9 Å². The van der Waals surface area contributed by atoms with Gasteiger partial charge in [0.2, 0.25) is 5.91 Å². The van der Waals surface area contributed by atoms with E-state index in [2.05, 4.69) is 32.1 Å². The summed E-state index contributed by atoms with van der Waals surface area (Å²) in [5.74, 6) is 1.45. The number of aliphatic hydroxyl groups is 1. The molecule has 0 spiro atoms. The van der Waals surface area contributed by atoms with Crippen LogP contribution in [0.2, 0.25) is 0 Å². The summed E-state index contributed by atoms with van der Waals surface area (Å²) in [5, 5.41) is 12.9. The minimum Gasteiger partial charge on any atom is -0.391 e. The van der Waals surface area contributed by atoms with Gasteiger partial charge in [-0.25, -0.2) is 9.97 Å². The van der Waals surface area contributed by atoms with Gasteiger partial charge in [0.15, 0.2) is 11.6 Å². The Labute approximate surface area is 135 Å². The molecule has 8 nitrogen and oxygen atoms in total. The van der Waals surface area contributed by atoms with E-state index < -0.39 is 6.10 Å². The Morgan fingerprint density at radius 3 is 2.91 bits per heavy atom. The lowest BCUT2D eigenvalue weighted by Crippen LogP contribution is -2.45. The molecule has 4 rings (SSSR count). The molecule has 0 saturated carbocycles. The van der Waals surface area contributed by atoms with Crippen molar-refractivity contribution in [2.75, 3.05) is 54.9 Å². The first kappa shape index (κ1) is 14.6. The number of carbonyl (C=O) groups excluding carboxylic acids is 1. The predicted molar refractivity (Wildman–Crippen MR) is 86.7 cm³/mol. The number of hydrogen-bond acceptors (Lipinski definition) is 7. The Morgan fingerprint density at radius 2 is 2.04 bits per heavy atom. The molecule has 2 saturated heterocycles. The lowest BCUT2D eigenvalue weighted by atomic mass is 10.1. The number of aromatic nitrogens is 2. The molecule has 23 heavy (non-hydrogen) atoms. The highest BCUT2D eigenvalue weighted by atomic mass is 16.3. The topological polar surface area (TPSA) is 84.8 Å². The van der Waals surface area contributed by atoms with E-state index in [1.807, 2.05) is 4.90 Å². The van der Waals surface area contributed by atoms with Crippen molar-refractivity contribution in [1.82, 2.24) is 14.9 Å². The molecule has 3 aliphatic rings. The van der Waals surface area contributed by atoms with E-state index in [1.54, 1.807) is 6.33 Å². The molecule has 1 aromatic heterocycles. The number of hydrogen-bond donors (Lipinski definition) is 2. The summed E-state index contributed by atoms with van der Waals surface area (Å²) in [6.45, 7) is 4.27. The highest BCUT2D eigenvalue weighted by molar-refractivity contribution is 6.06. The van der Waals surface area contributed by atoms with Gasteiger partial charge in [-0.2, -0.15) is 0 Å². The molecule has 2 atom stereocenters. The third kappa shape index (κ3) is 2.51. The first-order chi connectivity index (χ1) is 11.1. The van der Waals surface area contributed by atoms with Crippen molar-refractivity contribution in [3.8, 4) is 0 Å². The normalized spacial score (nSPS) is 28.2. The molecule has 1 amide bonds. The van der Waals surface area contributed by atoms with E-state index in [1.165, 1.54) is 0 Å². The van der Waals surface area contributed by atoms with Crippen LogP contribution in [-0.4, -0.2) is 77.8 Å². The number of rotatable bonds is 1. The zero-order chi connectivity index (χ0) is 16.0. The first-order valence-corrected chi connectivity index (χ1v) is 8.17. The maximum atomic E-state index is 12.4. The second-order valence-corrected chi connectivity index (χ2v) is 6.59. The number of aliphatic hydroxyl groups excluding tert-OH is 1. The van der Waals surface area contributed by atoms with Crippen molar-refractivity contribution >= 4 is 23.2 Å². The Bertz CT molecular complexity index is 624. The van der Waals surface area contributed by atoms with Crippen molar-refractivity contribution < 1.29 is 9.90 Å². The fourth-order valence-electron chi connectivity index (χ4n) is 3.70. The summed E-state index contributed by atoms with van der Waals surface area (Å²) in [6.07, 6.45) is 2.59. The van der Waals surface area contributed by atoms with Crippen molar-refractivity contribution in [3.63, 3.8) is 0 Å². The number of anilines is 3. The van der Waals surface area contributed by atoms with Crippen LogP contribution in [-0.2, 0) is 4.79 Å². The van der Waals surface area contributed by atoms with Crippen LogP contribution in [0.25, 0.3) is 0 Å². The highest BCUT2D eigenvalue weighted by Crippen LogP contribution is 2.39. The van der Waals surface area contributed by atoms with Gasteiger partial charge in [0.25, 0.3) is 0 Å². The molecule has 1 unspecified atom stereocenters. The largest absolute Gasteiger partial charge is 0.391 e. The van der Waals surface area contributed by atoms with Gasteiger partial charge in [-0.3, -0.25) is 4.79 Å². The second-order valence-electron chi connectivity index (χ2n) is 6.59. The number of nitrogens with zero attached hydrogens (tertiary/aromatic N) is 5. The Balaban J connectivity index is 1.69. The standard InChI is InChI=1S/C15H22N6O2/c1-19-3-2-4-20(6-5-19)13-12-14(17-9-16-13)21-8-10(22)7-11(21)15(23)18-12/h9-11,22H,2-8H2,1H3,(H,18,23)/t10-,11?/m1/s1. The fraction of sp³-hybridized carbons (Fsp3) is 0.667. The molecular weight excluding hydrogens is 296 g/mol. The molecule has 0 aromatic carbocycles. The predicted octanol–water partition coefficient (Wildman–Crippen LogP) is -0.490. The van der Waals surface area contributed by atoms with Crippen molar-refractivity contribution in [2.45, 2.75) is 25.0 Å².